The molecule has 1 heterocycles. The summed E-state index contributed by atoms with van der Waals surface area (Å²) in [5.74, 6) is 0. The van der Waals surface area contributed by atoms with Crippen molar-refractivity contribution in [2.45, 2.75) is 56.2 Å². The van der Waals surface area contributed by atoms with Gasteiger partial charge in [0.2, 0.25) is 0 Å². The predicted molar refractivity (Wildman–Crippen MR) is 74.8 cm³/mol. The first-order chi connectivity index (χ1) is 8.03. The molecule has 1 aliphatic carbocycles. The van der Waals surface area contributed by atoms with Gasteiger partial charge in [-0.2, -0.15) is 0 Å². The Labute approximate surface area is 112 Å². The fourth-order valence-electron chi connectivity index (χ4n) is 2.55. The first kappa shape index (κ1) is 13.3. The minimum Gasteiger partial charge on any atom is -0.313 e. The number of aryl methyl sites for hydroxylation is 1. The summed E-state index contributed by atoms with van der Waals surface area (Å²) < 4.78 is 1.12. The van der Waals surface area contributed by atoms with Gasteiger partial charge in [-0.3, -0.25) is 0 Å². The second-order valence-electron chi connectivity index (χ2n) is 5.31. The van der Waals surface area contributed by atoms with Crippen molar-refractivity contribution in [3.8, 4) is 0 Å². The summed E-state index contributed by atoms with van der Waals surface area (Å²) in [4.78, 5) is 0. The van der Waals surface area contributed by atoms with Crippen LogP contribution in [0.4, 0.5) is 0 Å². The number of hydrogen-bond donors (Lipinski definition) is 1. The Hall–Kier alpha value is -0.130. The lowest BCUT2D eigenvalue weighted by Gasteiger charge is -2.30. The fraction of sp³-hybridized carbons (Fsp3) is 0.833. The van der Waals surface area contributed by atoms with E-state index < -0.39 is 0 Å². The monoisotopic (exact) mass is 271 g/mol. The Kier molecular flexibility index (Phi) is 4.10. The highest BCUT2D eigenvalue weighted by Crippen LogP contribution is 2.45. The van der Waals surface area contributed by atoms with E-state index in [1.807, 2.05) is 18.7 Å². The zero-order valence-corrected chi connectivity index (χ0v) is 12.6. The van der Waals surface area contributed by atoms with E-state index in [4.69, 9.17) is 0 Å². The first-order valence-corrected chi connectivity index (χ1v) is 7.92. The van der Waals surface area contributed by atoms with E-state index in [1.54, 1.807) is 11.3 Å². The zero-order chi connectivity index (χ0) is 12.5. The number of nitrogens with zero attached hydrogens (tertiary/aromatic N) is 2. The topological polar surface area (TPSA) is 37.8 Å². The molecule has 1 aromatic heterocycles. The molecule has 96 valence electrons. The van der Waals surface area contributed by atoms with Gasteiger partial charge < -0.3 is 5.32 Å². The number of rotatable bonds is 4. The number of hydrogen-bond acceptors (Lipinski definition) is 5. The van der Waals surface area contributed by atoms with Gasteiger partial charge in [0, 0.05) is 11.3 Å². The largest absolute Gasteiger partial charge is 0.313 e. The van der Waals surface area contributed by atoms with Crippen LogP contribution in [0.25, 0.3) is 0 Å². The highest BCUT2D eigenvalue weighted by atomic mass is 32.2. The van der Waals surface area contributed by atoms with Crippen molar-refractivity contribution in [3.63, 3.8) is 0 Å². The van der Waals surface area contributed by atoms with E-state index in [0.717, 1.165) is 15.9 Å². The van der Waals surface area contributed by atoms with E-state index in [2.05, 4.69) is 36.3 Å². The molecule has 17 heavy (non-hydrogen) atoms. The molecule has 0 saturated heterocycles. The van der Waals surface area contributed by atoms with Crippen molar-refractivity contribution < 1.29 is 0 Å². The second-order valence-corrected chi connectivity index (χ2v) is 7.97. The summed E-state index contributed by atoms with van der Waals surface area (Å²) >= 11 is 3.61. The SMILES string of the molecule is CCNC1C(Sc2nnc(C)s2)CCC1(C)C. The van der Waals surface area contributed by atoms with Gasteiger partial charge in [0.1, 0.15) is 5.01 Å². The third-order valence-electron chi connectivity index (χ3n) is 3.47. The third kappa shape index (κ3) is 3.01. The molecule has 1 aromatic rings. The maximum atomic E-state index is 4.23. The molecule has 5 heteroatoms. The van der Waals surface area contributed by atoms with Crippen molar-refractivity contribution >= 4 is 23.1 Å². The maximum absolute atomic E-state index is 4.23. The van der Waals surface area contributed by atoms with Crippen molar-refractivity contribution in [2.75, 3.05) is 6.54 Å². The summed E-state index contributed by atoms with van der Waals surface area (Å²) in [5.41, 5.74) is 0.396. The molecule has 0 radical (unpaired) electrons. The van der Waals surface area contributed by atoms with Crippen LogP contribution in [0, 0.1) is 12.3 Å². The van der Waals surface area contributed by atoms with Crippen LogP contribution in [0.3, 0.4) is 0 Å². The van der Waals surface area contributed by atoms with Gasteiger partial charge in [-0.1, -0.05) is 43.9 Å². The lowest BCUT2D eigenvalue weighted by molar-refractivity contribution is 0.290. The lowest BCUT2D eigenvalue weighted by Crippen LogP contribution is -2.43. The molecule has 2 unspecified atom stereocenters. The molecule has 2 atom stereocenters. The van der Waals surface area contributed by atoms with Crippen LogP contribution >= 0.6 is 23.1 Å². The van der Waals surface area contributed by atoms with Crippen molar-refractivity contribution in [3.05, 3.63) is 5.01 Å². The van der Waals surface area contributed by atoms with Gasteiger partial charge in [-0.15, -0.1) is 10.2 Å². The second kappa shape index (κ2) is 5.24. The molecular formula is C12H21N3S2. The van der Waals surface area contributed by atoms with Crippen molar-refractivity contribution in [1.82, 2.24) is 15.5 Å². The maximum Gasteiger partial charge on any atom is 0.174 e. The smallest absolute Gasteiger partial charge is 0.174 e. The summed E-state index contributed by atoms with van der Waals surface area (Å²) in [6.45, 7) is 9.98. The van der Waals surface area contributed by atoms with Crippen LogP contribution in [0.5, 0.6) is 0 Å². The summed E-state index contributed by atoms with van der Waals surface area (Å²) in [7, 11) is 0. The van der Waals surface area contributed by atoms with Gasteiger partial charge in [-0.05, 0) is 31.7 Å². The standard InChI is InChI=1S/C12H21N3S2/c1-5-13-10-9(6-7-12(10,3)4)17-11-15-14-8(2)16-11/h9-10,13H,5-7H2,1-4H3. The molecule has 1 aliphatic rings. The number of aromatic nitrogens is 2. The molecule has 3 nitrogen and oxygen atoms in total. The van der Waals surface area contributed by atoms with Crippen molar-refractivity contribution in [2.24, 2.45) is 5.41 Å². The Morgan fingerprint density at radius 3 is 2.82 bits per heavy atom. The van der Waals surface area contributed by atoms with Gasteiger partial charge in [0.25, 0.3) is 0 Å². The number of thioether (sulfide) groups is 1. The minimum atomic E-state index is 0.396. The summed E-state index contributed by atoms with van der Waals surface area (Å²) in [5, 5.41) is 13.7. The van der Waals surface area contributed by atoms with Gasteiger partial charge in [-0.25, -0.2) is 0 Å². The Bertz CT molecular complexity index is 376. The average molecular weight is 271 g/mol. The Morgan fingerprint density at radius 1 is 1.47 bits per heavy atom. The molecule has 1 N–H and O–H groups in total. The average Bonchev–Trinajstić information content (AvgIpc) is 2.77. The Balaban J connectivity index is 2.05. The molecule has 0 aliphatic heterocycles. The first-order valence-electron chi connectivity index (χ1n) is 6.23. The van der Waals surface area contributed by atoms with E-state index in [1.165, 1.54) is 12.8 Å². The highest BCUT2D eigenvalue weighted by Gasteiger charge is 2.42. The van der Waals surface area contributed by atoms with Crippen LogP contribution in [0.2, 0.25) is 0 Å². The third-order valence-corrected chi connectivity index (χ3v) is 5.74. The molecular weight excluding hydrogens is 250 g/mol. The molecule has 0 spiro atoms. The van der Waals surface area contributed by atoms with E-state index in [-0.39, 0.29) is 0 Å². The predicted octanol–water partition coefficient (Wildman–Crippen LogP) is 3.11. The summed E-state index contributed by atoms with van der Waals surface area (Å²) in [6.07, 6.45) is 2.56. The van der Waals surface area contributed by atoms with Crippen LogP contribution in [0.1, 0.15) is 38.6 Å². The quantitative estimate of drug-likeness (QED) is 0.913. The highest BCUT2D eigenvalue weighted by molar-refractivity contribution is 8.01. The van der Waals surface area contributed by atoms with E-state index >= 15 is 0 Å². The molecule has 0 amide bonds. The fourth-order valence-corrected chi connectivity index (χ4v) is 5.07. The summed E-state index contributed by atoms with van der Waals surface area (Å²) in [6, 6.07) is 0.585. The lowest BCUT2D eigenvalue weighted by atomic mass is 9.87. The van der Waals surface area contributed by atoms with Crippen LogP contribution < -0.4 is 5.32 Å². The van der Waals surface area contributed by atoms with Crippen LogP contribution in [-0.2, 0) is 0 Å². The van der Waals surface area contributed by atoms with E-state index in [0.29, 0.717) is 16.7 Å². The normalized spacial score (nSPS) is 27.5. The van der Waals surface area contributed by atoms with Gasteiger partial charge >= 0.3 is 0 Å². The number of nitrogens with one attached hydrogen (secondary N) is 1. The van der Waals surface area contributed by atoms with Gasteiger partial charge in [0.05, 0.1) is 0 Å². The minimum absolute atomic E-state index is 0.396. The van der Waals surface area contributed by atoms with Crippen LogP contribution in [-0.4, -0.2) is 28.0 Å². The van der Waals surface area contributed by atoms with Crippen molar-refractivity contribution in [1.29, 1.82) is 0 Å². The molecule has 1 fully saturated rings. The molecule has 0 aromatic carbocycles. The van der Waals surface area contributed by atoms with Crippen LogP contribution in [0.15, 0.2) is 4.34 Å². The zero-order valence-electron chi connectivity index (χ0n) is 11.0. The molecule has 1 saturated carbocycles. The van der Waals surface area contributed by atoms with Gasteiger partial charge in [0.15, 0.2) is 4.34 Å². The Morgan fingerprint density at radius 2 is 2.24 bits per heavy atom. The molecule has 0 bridgehead atoms. The van der Waals surface area contributed by atoms with E-state index in [9.17, 15) is 0 Å². The molecule has 2 rings (SSSR count).